The van der Waals surface area contributed by atoms with Gasteiger partial charge in [-0.3, -0.25) is 4.18 Å². The first-order valence-electron chi connectivity index (χ1n) is 5.48. The minimum absolute atomic E-state index is 0.0498. The Labute approximate surface area is 88.7 Å². The third kappa shape index (κ3) is 4.53. The summed E-state index contributed by atoms with van der Waals surface area (Å²) in [4.78, 5) is 0. The van der Waals surface area contributed by atoms with Crippen LogP contribution >= 0.6 is 0 Å². The van der Waals surface area contributed by atoms with Crippen molar-refractivity contribution < 1.29 is 12.9 Å². The average Bonchev–Trinajstić information content (AvgIpc) is 2.16. The van der Waals surface area contributed by atoms with Gasteiger partial charge in [-0.15, -0.1) is 0 Å². The second kappa shape index (κ2) is 6.53. The van der Waals surface area contributed by atoms with Gasteiger partial charge < -0.3 is 4.55 Å². The quantitative estimate of drug-likeness (QED) is 0.668. The molecule has 1 unspecified atom stereocenters. The lowest BCUT2D eigenvalue weighted by molar-refractivity contribution is 0.130. The second-order valence-electron chi connectivity index (χ2n) is 4.09. The van der Waals surface area contributed by atoms with Gasteiger partial charge in [-0.25, -0.2) is 4.21 Å². The minimum Gasteiger partial charge on any atom is -0.750 e. The van der Waals surface area contributed by atoms with Gasteiger partial charge in [0.25, 0.3) is 0 Å². The summed E-state index contributed by atoms with van der Waals surface area (Å²) in [5.41, 5.74) is 0. The van der Waals surface area contributed by atoms with E-state index in [9.17, 15) is 8.76 Å². The van der Waals surface area contributed by atoms with Gasteiger partial charge in [0, 0.05) is 0 Å². The highest BCUT2D eigenvalue weighted by atomic mass is 32.2. The molecule has 0 bridgehead atoms. The van der Waals surface area contributed by atoms with E-state index in [1.54, 1.807) is 0 Å². The van der Waals surface area contributed by atoms with Crippen LogP contribution in [0.15, 0.2) is 0 Å². The molecule has 0 amide bonds. The van der Waals surface area contributed by atoms with Gasteiger partial charge in [0.05, 0.1) is 17.5 Å². The van der Waals surface area contributed by atoms with Crippen LogP contribution in [0.1, 0.15) is 51.9 Å². The highest BCUT2D eigenvalue weighted by molar-refractivity contribution is 7.74. The molecule has 0 aliphatic heterocycles. The fourth-order valence-electron chi connectivity index (χ4n) is 2.12. The smallest absolute Gasteiger partial charge is 0.0844 e. The molecule has 0 spiro atoms. The van der Waals surface area contributed by atoms with Crippen LogP contribution in [-0.2, 0) is 15.5 Å². The minimum atomic E-state index is -2.33. The normalized spacial score (nSPS) is 30.1. The number of rotatable bonds is 5. The summed E-state index contributed by atoms with van der Waals surface area (Å²) in [6.07, 6.45) is 7.86. The van der Waals surface area contributed by atoms with Crippen molar-refractivity contribution in [2.24, 2.45) is 5.92 Å². The SMILES string of the molecule is CCCCC1CCC(OS(=O)[O-])CC1. The molecule has 3 nitrogen and oxygen atoms in total. The van der Waals surface area contributed by atoms with E-state index >= 15 is 0 Å². The van der Waals surface area contributed by atoms with Gasteiger partial charge in [-0.05, 0) is 31.6 Å². The summed E-state index contributed by atoms with van der Waals surface area (Å²) in [7, 11) is 0. The summed E-state index contributed by atoms with van der Waals surface area (Å²) in [6, 6.07) is 0. The summed E-state index contributed by atoms with van der Waals surface area (Å²) < 4.78 is 25.4. The maximum Gasteiger partial charge on any atom is 0.0844 e. The van der Waals surface area contributed by atoms with Gasteiger partial charge in [0.15, 0.2) is 0 Å². The molecular weight excluding hydrogens is 200 g/mol. The molecule has 0 aromatic heterocycles. The van der Waals surface area contributed by atoms with Crippen molar-refractivity contribution in [2.75, 3.05) is 0 Å². The van der Waals surface area contributed by atoms with E-state index in [0.29, 0.717) is 0 Å². The maximum atomic E-state index is 10.3. The summed E-state index contributed by atoms with van der Waals surface area (Å²) in [6.45, 7) is 2.20. The lowest BCUT2D eigenvalue weighted by atomic mass is 9.84. The zero-order valence-corrected chi connectivity index (χ0v) is 9.55. The topological polar surface area (TPSA) is 49.4 Å². The van der Waals surface area contributed by atoms with Gasteiger partial charge in [0.2, 0.25) is 0 Å². The van der Waals surface area contributed by atoms with Gasteiger partial charge in [-0.2, -0.15) is 0 Å². The largest absolute Gasteiger partial charge is 0.750 e. The van der Waals surface area contributed by atoms with E-state index in [1.165, 1.54) is 19.3 Å². The van der Waals surface area contributed by atoms with Crippen molar-refractivity contribution >= 4 is 11.4 Å². The van der Waals surface area contributed by atoms with Crippen LogP contribution in [0.2, 0.25) is 0 Å². The van der Waals surface area contributed by atoms with E-state index in [2.05, 4.69) is 6.92 Å². The molecule has 0 aromatic carbocycles. The van der Waals surface area contributed by atoms with Crippen molar-refractivity contribution in [1.82, 2.24) is 0 Å². The van der Waals surface area contributed by atoms with Crippen LogP contribution in [0, 0.1) is 5.92 Å². The summed E-state index contributed by atoms with van der Waals surface area (Å²) in [5.74, 6) is 0.801. The second-order valence-corrected chi connectivity index (χ2v) is 4.69. The molecule has 0 aromatic rings. The Morgan fingerprint density at radius 1 is 1.36 bits per heavy atom. The number of hydrogen-bond donors (Lipinski definition) is 0. The molecule has 1 saturated carbocycles. The number of unbranched alkanes of at least 4 members (excludes halogenated alkanes) is 1. The fourth-order valence-corrected chi connectivity index (χ4v) is 2.54. The first-order valence-corrected chi connectivity index (χ1v) is 6.48. The molecule has 4 heteroatoms. The standard InChI is InChI=1S/C10H20O3S/c1-2-3-4-9-5-7-10(8-6-9)13-14(11)12/h9-10H,2-8H2,1H3,(H,11,12)/p-1. The Hall–Kier alpha value is 0.0700. The Morgan fingerprint density at radius 3 is 2.50 bits per heavy atom. The van der Waals surface area contributed by atoms with Crippen molar-refractivity contribution in [3.63, 3.8) is 0 Å². The van der Waals surface area contributed by atoms with Crippen LogP contribution in [0.3, 0.4) is 0 Å². The highest BCUT2D eigenvalue weighted by Gasteiger charge is 2.21. The molecule has 1 fully saturated rings. The van der Waals surface area contributed by atoms with E-state index in [0.717, 1.165) is 31.6 Å². The van der Waals surface area contributed by atoms with Crippen LogP contribution in [0.5, 0.6) is 0 Å². The predicted molar refractivity (Wildman–Crippen MR) is 55.3 cm³/mol. The predicted octanol–water partition coefficient (Wildman–Crippen LogP) is 2.55. The van der Waals surface area contributed by atoms with Gasteiger partial charge >= 0.3 is 0 Å². The van der Waals surface area contributed by atoms with E-state index in [-0.39, 0.29) is 6.10 Å². The maximum absolute atomic E-state index is 10.3. The van der Waals surface area contributed by atoms with Crippen LogP contribution in [0.25, 0.3) is 0 Å². The first kappa shape index (κ1) is 12.1. The zero-order chi connectivity index (χ0) is 10.4. The highest BCUT2D eigenvalue weighted by Crippen LogP contribution is 2.29. The van der Waals surface area contributed by atoms with E-state index in [4.69, 9.17) is 4.18 Å². The monoisotopic (exact) mass is 219 g/mol. The Kier molecular flexibility index (Phi) is 5.67. The van der Waals surface area contributed by atoms with Gasteiger partial charge in [0.1, 0.15) is 0 Å². The molecule has 0 heterocycles. The molecule has 1 atom stereocenters. The Morgan fingerprint density at radius 2 is 2.00 bits per heavy atom. The van der Waals surface area contributed by atoms with Crippen molar-refractivity contribution in [3.05, 3.63) is 0 Å². The molecule has 1 aliphatic rings. The first-order chi connectivity index (χ1) is 6.72. The molecule has 84 valence electrons. The van der Waals surface area contributed by atoms with Crippen molar-refractivity contribution in [1.29, 1.82) is 0 Å². The molecule has 0 N–H and O–H groups in total. The van der Waals surface area contributed by atoms with Gasteiger partial charge in [-0.1, -0.05) is 26.2 Å². The van der Waals surface area contributed by atoms with Crippen molar-refractivity contribution in [3.8, 4) is 0 Å². The lowest BCUT2D eigenvalue weighted by Crippen LogP contribution is -2.22. The lowest BCUT2D eigenvalue weighted by Gasteiger charge is -2.28. The summed E-state index contributed by atoms with van der Waals surface area (Å²) in [5, 5.41) is 0. The molecule has 14 heavy (non-hydrogen) atoms. The number of hydrogen-bond acceptors (Lipinski definition) is 3. The molecule has 1 rings (SSSR count). The molecule has 0 saturated heterocycles. The third-order valence-corrected chi connectivity index (χ3v) is 3.40. The van der Waals surface area contributed by atoms with E-state index < -0.39 is 11.4 Å². The molecule has 0 radical (unpaired) electrons. The Balaban J connectivity index is 2.14. The zero-order valence-electron chi connectivity index (χ0n) is 8.74. The van der Waals surface area contributed by atoms with Crippen LogP contribution in [-0.4, -0.2) is 14.9 Å². The van der Waals surface area contributed by atoms with Crippen LogP contribution in [0.4, 0.5) is 0 Å². The average molecular weight is 219 g/mol. The molecule has 1 aliphatic carbocycles. The van der Waals surface area contributed by atoms with E-state index in [1.807, 2.05) is 0 Å². The third-order valence-electron chi connectivity index (χ3n) is 2.97. The van der Waals surface area contributed by atoms with Crippen molar-refractivity contribution in [2.45, 2.75) is 58.0 Å². The summed E-state index contributed by atoms with van der Waals surface area (Å²) >= 11 is -2.33. The fraction of sp³-hybridized carbons (Fsp3) is 1.00. The van der Waals surface area contributed by atoms with Crippen LogP contribution < -0.4 is 0 Å². The Bertz CT molecular complexity index is 176. The molecular formula is C10H19O3S-.